The predicted molar refractivity (Wildman–Crippen MR) is 84.5 cm³/mol. The van der Waals surface area contributed by atoms with Crippen LogP contribution in [0.4, 0.5) is 0 Å². The number of benzene rings is 1. The average Bonchev–Trinajstić information content (AvgIpc) is 2.38. The van der Waals surface area contributed by atoms with Crippen molar-refractivity contribution >= 4 is 34.8 Å². The summed E-state index contributed by atoms with van der Waals surface area (Å²) in [4.78, 5) is 13.9. The fraction of sp³-hybridized carbons (Fsp3) is 0.286. The second-order valence-corrected chi connectivity index (χ2v) is 5.67. The summed E-state index contributed by atoms with van der Waals surface area (Å²) in [6, 6.07) is 7.12. The summed E-state index contributed by atoms with van der Waals surface area (Å²) in [5.74, 6) is -0.0510. The van der Waals surface area contributed by atoms with E-state index in [1.54, 1.807) is 31.1 Å². The number of amides is 1. The van der Waals surface area contributed by atoms with Crippen LogP contribution in [-0.2, 0) is 4.79 Å². The molecular weight excluding hydrogens is 294 g/mol. The van der Waals surface area contributed by atoms with E-state index in [4.69, 9.17) is 23.8 Å². The first-order valence-electron chi connectivity index (χ1n) is 6.15. The van der Waals surface area contributed by atoms with Gasteiger partial charge >= 0.3 is 0 Å². The minimum Gasteiger partial charge on any atom is -0.351 e. The molecule has 0 bridgehead atoms. The van der Waals surface area contributed by atoms with Crippen LogP contribution in [0.1, 0.15) is 18.5 Å². The fourth-order valence-electron chi connectivity index (χ4n) is 2.12. The van der Waals surface area contributed by atoms with Crippen LogP contribution in [0.5, 0.6) is 0 Å². The molecule has 1 atom stereocenters. The van der Waals surface area contributed by atoms with Crippen LogP contribution in [0.2, 0.25) is 5.02 Å². The number of nitrogens with zero attached hydrogens (tertiary/aromatic N) is 1. The van der Waals surface area contributed by atoms with Crippen LogP contribution < -0.4 is 10.6 Å². The van der Waals surface area contributed by atoms with E-state index in [9.17, 15) is 4.79 Å². The third-order valence-electron chi connectivity index (χ3n) is 3.11. The Kier molecular flexibility index (Phi) is 4.30. The maximum Gasteiger partial charge on any atom is 0.253 e. The normalized spacial score (nSPS) is 18.4. The van der Waals surface area contributed by atoms with Crippen molar-refractivity contribution in [1.82, 2.24) is 15.5 Å². The zero-order chi connectivity index (χ0) is 14.9. The van der Waals surface area contributed by atoms with E-state index < -0.39 is 0 Å². The predicted octanol–water partition coefficient (Wildman–Crippen LogP) is 2.22. The molecule has 0 radical (unpaired) electrons. The van der Waals surface area contributed by atoms with Crippen molar-refractivity contribution in [3.05, 3.63) is 46.1 Å². The maximum absolute atomic E-state index is 12.4. The lowest BCUT2D eigenvalue weighted by Crippen LogP contribution is -2.46. The Balaban J connectivity index is 2.47. The molecule has 106 valence electrons. The lowest BCUT2D eigenvalue weighted by atomic mass is 9.95. The van der Waals surface area contributed by atoms with E-state index in [1.165, 1.54) is 0 Å². The van der Waals surface area contributed by atoms with Crippen LogP contribution in [-0.4, -0.2) is 30.0 Å². The molecule has 0 aliphatic carbocycles. The molecular formula is C14H16ClN3OS. The van der Waals surface area contributed by atoms with Crippen molar-refractivity contribution in [3.63, 3.8) is 0 Å². The number of thiocarbonyl (C=S) groups is 1. The molecule has 20 heavy (non-hydrogen) atoms. The van der Waals surface area contributed by atoms with Gasteiger partial charge in [-0.3, -0.25) is 4.79 Å². The molecule has 1 heterocycles. The van der Waals surface area contributed by atoms with Gasteiger partial charge in [0.15, 0.2) is 5.11 Å². The van der Waals surface area contributed by atoms with Gasteiger partial charge in [0.05, 0.1) is 11.6 Å². The third-order valence-corrected chi connectivity index (χ3v) is 3.58. The Hall–Kier alpha value is -1.59. The number of hydrogen-bond donors (Lipinski definition) is 2. The molecule has 0 saturated heterocycles. The van der Waals surface area contributed by atoms with Crippen LogP contribution >= 0.6 is 23.8 Å². The second-order valence-electron chi connectivity index (χ2n) is 4.82. The van der Waals surface area contributed by atoms with Crippen LogP contribution in [0.15, 0.2) is 35.5 Å². The van der Waals surface area contributed by atoms with E-state index in [1.807, 2.05) is 19.1 Å². The number of hydrogen-bond acceptors (Lipinski definition) is 2. The van der Waals surface area contributed by atoms with Crippen molar-refractivity contribution in [2.75, 3.05) is 14.1 Å². The summed E-state index contributed by atoms with van der Waals surface area (Å²) >= 11 is 11.1. The molecule has 1 aliphatic rings. The number of carbonyl (C=O) groups excluding carboxylic acids is 1. The van der Waals surface area contributed by atoms with E-state index in [-0.39, 0.29) is 11.9 Å². The van der Waals surface area contributed by atoms with Gasteiger partial charge in [0.25, 0.3) is 5.91 Å². The molecule has 4 nitrogen and oxygen atoms in total. The molecule has 2 N–H and O–H groups in total. The highest BCUT2D eigenvalue weighted by Gasteiger charge is 2.30. The van der Waals surface area contributed by atoms with E-state index in [0.29, 0.717) is 15.7 Å². The number of allylic oxidation sites excluding steroid dienone is 1. The van der Waals surface area contributed by atoms with Crippen LogP contribution in [0.25, 0.3) is 0 Å². The van der Waals surface area contributed by atoms with Crippen molar-refractivity contribution in [1.29, 1.82) is 0 Å². The number of rotatable bonds is 2. The number of halogens is 1. The van der Waals surface area contributed by atoms with Crippen molar-refractivity contribution in [2.24, 2.45) is 0 Å². The van der Waals surface area contributed by atoms with Gasteiger partial charge in [-0.05, 0) is 36.8 Å². The molecule has 0 aromatic heterocycles. The van der Waals surface area contributed by atoms with E-state index >= 15 is 0 Å². The van der Waals surface area contributed by atoms with Crippen molar-refractivity contribution in [2.45, 2.75) is 13.0 Å². The van der Waals surface area contributed by atoms with E-state index in [0.717, 1.165) is 11.3 Å². The monoisotopic (exact) mass is 309 g/mol. The lowest BCUT2D eigenvalue weighted by Gasteiger charge is -2.31. The first-order chi connectivity index (χ1) is 9.40. The number of carbonyl (C=O) groups is 1. The second kappa shape index (κ2) is 5.81. The summed E-state index contributed by atoms with van der Waals surface area (Å²) in [5.41, 5.74) is 2.38. The molecule has 0 unspecified atom stereocenters. The summed E-state index contributed by atoms with van der Waals surface area (Å²) in [5, 5.41) is 7.31. The summed E-state index contributed by atoms with van der Waals surface area (Å²) in [7, 11) is 3.46. The zero-order valence-electron chi connectivity index (χ0n) is 11.5. The summed E-state index contributed by atoms with van der Waals surface area (Å²) < 4.78 is 0. The molecule has 1 aliphatic heterocycles. The molecule has 6 heteroatoms. The Morgan fingerprint density at radius 2 is 1.90 bits per heavy atom. The lowest BCUT2D eigenvalue weighted by molar-refractivity contribution is -0.125. The summed E-state index contributed by atoms with van der Waals surface area (Å²) in [6.07, 6.45) is 0. The third kappa shape index (κ3) is 2.94. The molecule has 0 spiro atoms. The molecule has 0 saturated carbocycles. The van der Waals surface area contributed by atoms with Gasteiger partial charge in [-0.1, -0.05) is 23.7 Å². The summed E-state index contributed by atoms with van der Waals surface area (Å²) in [6.45, 7) is 1.85. The highest BCUT2D eigenvalue weighted by Crippen LogP contribution is 2.28. The van der Waals surface area contributed by atoms with Gasteiger partial charge in [0.1, 0.15) is 0 Å². The molecule has 1 aromatic carbocycles. The standard InChI is InChI=1S/C14H16ClN3OS/c1-8-11(13(19)18(2)3)12(17-14(20)16-8)9-4-6-10(15)7-5-9/h4-7,12H,1-3H3,(H2,16,17,20)/t12-/m0/s1. The van der Waals surface area contributed by atoms with Crippen LogP contribution in [0.3, 0.4) is 0 Å². The minimum absolute atomic E-state index is 0.0510. The topological polar surface area (TPSA) is 44.4 Å². The van der Waals surface area contributed by atoms with Gasteiger partial charge in [-0.2, -0.15) is 0 Å². The quantitative estimate of drug-likeness (QED) is 0.822. The Morgan fingerprint density at radius 3 is 2.45 bits per heavy atom. The SMILES string of the molecule is CC1=C(C(=O)N(C)C)[C@H](c2ccc(Cl)cc2)NC(=S)N1. The molecule has 1 amide bonds. The van der Waals surface area contributed by atoms with Crippen molar-refractivity contribution in [3.8, 4) is 0 Å². The largest absolute Gasteiger partial charge is 0.351 e. The maximum atomic E-state index is 12.4. The highest BCUT2D eigenvalue weighted by atomic mass is 35.5. The fourth-order valence-corrected chi connectivity index (χ4v) is 2.52. The Morgan fingerprint density at radius 1 is 1.30 bits per heavy atom. The van der Waals surface area contributed by atoms with Gasteiger partial charge < -0.3 is 15.5 Å². The molecule has 0 fully saturated rings. The first-order valence-corrected chi connectivity index (χ1v) is 6.94. The number of likely N-dealkylation sites (N-methyl/N-ethyl adjacent to an activating group) is 1. The van der Waals surface area contributed by atoms with Crippen molar-refractivity contribution < 1.29 is 4.79 Å². The zero-order valence-corrected chi connectivity index (χ0v) is 13.1. The smallest absolute Gasteiger partial charge is 0.253 e. The van der Waals surface area contributed by atoms with Gasteiger partial charge in [0.2, 0.25) is 0 Å². The van der Waals surface area contributed by atoms with Gasteiger partial charge in [-0.15, -0.1) is 0 Å². The van der Waals surface area contributed by atoms with E-state index in [2.05, 4.69) is 10.6 Å². The Labute approximate surface area is 128 Å². The van der Waals surface area contributed by atoms with Gasteiger partial charge in [-0.25, -0.2) is 0 Å². The van der Waals surface area contributed by atoms with Crippen LogP contribution in [0, 0.1) is 0 Å². The number of nitrogens with one attached hydrogen (secondary N) is 2. The molecule has 1 aromatic rings. The first kappa shape index (κ1) is 14.8. The van der Waals surface area contributed by atoms with Gasteiger partial charge in [0, 0.05) is 24.8 Å². The molecule has 2 rings (SSSR count). The Bertz CT molecular complexity index is 581. The minimum atomic E-state index is -0.268. The average molecular weight is 310 g/mol. The highest BCUT2D eigenvalue weighted by molar-refractivity contribution is 7.80.